The van der Waals surface area contributed by atoms with Crippen LogP contribution in [0, 0.1) is 11.3 Å². The number of rotatable bonds is 3. The summed E-state index contributed by atoms with van der Waals surface area (Å²) >= 11 is 0. The van der Waals surface area contributed by atoms with Gasteiger partial charge >= 0.3 is 0 Å². The summed E-state index contributed by atoms with van der Waals surface area (Å²) < 4.78 is 0. The maximum Gasteiger partial charge on any atom is 0.0121 e. The quantitative estimate of drug-likeness (QED) is 0.712. The van der Waals surface area contributed by atoms with Crippen LogP contribution in [0.15, 0.2) is 0 Å². The van der Waals surface area contributed by atoms with E-state index in [4.69, 9.17) is 0 Å². The minimum atomic E-state index is 0.527. The largest absolute Gasteiger partial charge is 0.311 e. The molecule has 0 aromatic heterocycles. The van der Waals surface area contributed by atoms with E-state index in [1.807, 2.05) is 0 Å². The van der Waals surface area contributed by atoms with E-state index in [0.29, 0.717) is 5.41 Å². The average molecular weight is 237 g/mol. The fourth-order valence-electron chi connectivity index (χ4n) is 3.90. The summed E-state index contributed by atoms with van der Waals surface area (Å²) in [6, 6.07) is 1.50. The Labute approximate surface area is 108 Å². The molecule has 0 bridgehead atoms. The zero-order valence-corrected chi connectivity index (χ0v) is 12.1. The molecule has 0 spiro atoms. The summed E-state index contributed by atoms with van der Waals surface area (Å²) in [7, 11) is 0. The molecule has 0 aromatic rings. The van der Waals surface area contributed by atoms with Gasteiger partial charge in [-0.05, 0) is 43.9 Å². The van der Waals surface area contributed by atoms with Crippen LogP contribution in [-0.2, 0) is 0 Å². The van der Waals surface area contributed by atoms with E-state index >= 15 is 0 Å². The zero-order valence-electron chi connectivity index (χ0n) is 12.1. The highest BCUT2D eigenvalue weighted by atomic mass is 15.0. The third-order valence-corrected chi connectivity index (χ3v) is 5.33. The Bertz CT molecular complexity index is 226. The van der Waals surface area contributed by atoms with Gasteiger partial charge in [-0.2, -0.15) is 0 Å². The molecule has 0 aliphatic heterocycles. The van der Waals surface area contributed by atoms with Gasteiger partial charge in [-0.25, -0.2) is 0 Å². The van der Waals surface area contributed by atoms with Crippen molar-refractivity contribution in [3.05, 3.63) is 0 Å². The Morgan fingerprint density at radius 3 is 2.12 bits per heavy atom. The highest BCUT2D eigenvalue weighted by Crippen LogP contribution is 2.38. The monoisotopic (exact) mass is 237 g/mol. The fraction of sp³-hybridized carbons (Fsp3) is 1.00. The first kappa shape index (κ1) is 13.4. The van der Waals surface area contributed by atoms with Gasteiger partial charge in [0.05, 0.1) is 0 Å². The van der Waals surface area contributed by atoms with Crippen LogP contribution in [0.1, 0.15) is 78.6 Å². The van der Waals surface area contributed by atoms with Gasteiger partial charge in [0.25, 0.3) is 0 Å². The molecule has 2 rings (SSSR count). The van der Waals surface area contributed by atoms with Gasteiger partial charge in [-0.3, -0.25) is 0 Å². The molecule has 0 heterocycles. The number of hydrogen-bond donors (Lipinski definition) is 1. The minimum absolute atomic E-state index is 0.527. The first-order chi connectivity index (χ1) is 8.09. The highest BCUT2D eigenvalue weighted by Gasteiger charge is 2.35. The molecule has 1 heteroatoms. The van der Waals surface area contributed by atoms with Crippen LogP contribution < -0.4 is 5.32 Å². The average Bonchev–Trinajstić information content (AvgIpc) is 2.54. The van der Waals surface area contributed by atoms with Crippen molar-refractivity contribution in [1.29, 1.82) is 0 Å². The first-order valence-electron chi connectivity index (χ1n) is 7.86. The van der Waals surface area contributed by atoms with Gasteiger partial charge in [0.15, 0.2) is 0 Å². The summed E-state index contributed by atoms with van der Waals surface area (Å²) in [6.45, 7) is 7.32. The number of hydrogen-bond acceptors (Lipinski definition) is 1. The van der Waals surface area contributed by atoms with Crippen molar-refractivity contribution in [2.24, 2.45) is 11.3 Å². The van der Waals surface area contributed by atoms with Gasteiger partial charge in [0.2, 0.25) is 0 Å². The fourth-order valence-corrected chi connectivity index (χ4v) is 3.90. The van der Waals surface area contributed by atoms with Gasteiger partial charge in [0, 0.05) is 12.1 Å². The predicted octanol–water partition coefficient (Wildman–Crippen LogP) is 4.51. The summed E-state index contributed by atoms with van der Waals surface area (Å²) in [6.07, 6.45) is 13.0. The van der Waals surface area contributed by atoms with Crippen LogP contribution in [0.25, 0.3) is 0 Å². The van der Waals surface area contributed by atoms with Crippen molar-refractivity contribution in [3.8, 4) is 0 Å². The zero-order chi connectivity index (χ0) is 12.3. The lowest BCUT2D eigenvalue weighted by Crippen LogP contribution is -2.45. The molecule has 1 unspecified atom stereocenters. The second-order valence-corrected chi connectivity index (χ2v) is 7.14. The summed E-state index contributed by atoms with van der Waals surface area (Å²) in [5, 5.41) is 3.97. The van der Waals surface area contributed by atoms with Crippen LogP contribution in [-0.4, -0.2) is 12.1 Å². The molecule has 17 heavy (non-hydrogen) atoms. The first-order valence-corrected chi connectivity index (χ1v) is 7.86. The van der Waals surface area contributed by atoms with E-state index in [0.717, 1.165) is 18.0 Å². The Morgan fingerprint density at radius 2 is 1.59 bits per heavy atom. The van der Waals surface area contributed by atoms with E-state index in [1.165, 1.54) is 57.8 Å². The van der Waals surface area contributed by atoms with Gasteiger partial charge in [-0.1, -0.05) is 46.0 Å². The Kier molecular flexibility index (Phi) is 4.52. The molecule has 100 valence electrons. The molecule has 2 fully saturated rings. The molecule has 2 atom stereocenters. The van der Waals surface area contributed by atoms with Crippen molar-refractivity contribution >= 4 is 0 Å². The van der Waals surface area contributed by atoms with Crippen molar-refractivity contribution in [3.63, 3.8) is 0 Å². The molecule has 0 saturated heterocycles. The predicted molar refractivity (Wildman–Crippen MR) is 75.2 cm³/mol. The molecular formula is C16H31N. The summed E-state index contributed by atoms with van der Waals surface area (Å²) in [4.78, 5) is 0. The second-order valence-electron chi connectivity index (χ2n) is 7.14. The molecule has 0 radical (unpaired) electrons. The van der Waals surface area contributed by atoms with Crippen LogP contribution in [0.5, 0.6) is 0 Å². The van der Waals surface area contributed by atoms with Crippen LogP contribution in [0.2, 0.25) is 0 Å². The molecule has 1 N–H and O–H groups in total. The molecule has 2 aliphatic carbocycles. The number of nitrogens with one attached hydrogen (secondary N) is 1. The lowest BCUT2D eigenvalue weighted by atomic mass is 9.85. The van der Waals surface area contributed by atoms with Gasteiger partial charge < -0.3 is 5.32 Å². The SMILES string of the molecule is C[C@@H](NC1CCCC1(C)C)C1CCCCCC1. The highest BCUT2D eigenvalue weighted by molar-refractivity contribution is 4.92. The van der Waals surface area contributed by atoms with Crippen molar-refractivity contribution < 1.29 is 0 Å². The maximum absolute atomic E-state index is 3.97. The van der Waals surface area contributed by atoms with E-state index in [-0.39, 0.29) is 0 Å². The molecule has 0 amide bonds. The van der Waals surface area contributed by atoms with E-state index in [9.17, 15) is 0 Å². The van der Waals surface area contributed by atoms with E-state index in [1.54, 1.807) is 0 Å². The molecule has 1 nitrogen and oxygen atoms in total. The lowest BCUT2D eigenvalue weighted by molar-refractivity contribution is 0.228. The van der Waals surface area contributed by atoms with E-state index < -0.39 is 0 Å². The maximum atomic E-state index is 3.97. The molecule has 2 saturated carbocycles. The standard InChI is InChI=1S/C16H31N/c1-13(14-9-6-4-5-7-10-14)17-15-11-8-12-16(15,2)3/h13-15,17H,4-12H2,1-3H3/t13-,15?/m1/s1. The molecule has 0 aromatic carbocycles. The van der Waals surface area contributed by atoms with Gasteiger partial charge in [0.1, 0.15) is 0 Å². The van der Waals surface area contributed by atoms with Crippen molar-refractivity contribution in [2.45, 2.75) is 90.6 Å². The van der Waals surface area contributed by atoms with E-state index in [2.05, 4.69) is 26.1 Å². The van der Waals surface area contributed by atoms with Crippen molar-refractivity contribution in [1.82, 2.24) is 5.32 Å². The lowest BCUT2D eigenvalue weighted by Gasteiger charge is -2.34. The Morgan fingerprint density at radius 1 is 0.941 bits per heavy atom. The second kappa shape index (κ2) is 5.73. The Hall–Kier alpha value is -0.0400. The van der Waals surface area contributed by atoms with Crippen molar-refractivity contribution in [2.75, 3.05) is 0 Å². The molecular weight excluding hydrogens is 206 g/mol. The third kappa shape index (κ3) is 3.47. The smallest absolute Gasteiger partial charge is 0.0121 e. The van der Waals surface area contributed by atoms with Crippen LogP contribution in [0.3, 0.4) is 0 Å². The third-order valence-electron chi connectivity index (χ3n) is 5.33. The van der Waals surface area contributed by atoms with Crippen LogP contribution in [0.4, 0.5) is 0 Å². The Balaban J connectivity index is 1.85. The molecule has 2 aliphatic rings. The normalized spacial score (nSPS) is 32.3. The van der Waals surface area contributed by atoms with Crippen LogP contribution >= 0.6 is 0 Å². The minimum Gasteiger partial charge on any atom is -0.311 e. The van der Waals surface area contributed by atoms with Gasteiger partial charge in [-0.15, -0.1) is 0 Å². The topological polar surface area (TPSA) is 12.0 Å². The summed E-state index contributed by atoms with van der Waals surface area (Å²) in [5.74, 6) is 0.939. The summed E-state index contributed by atoms with van der Waals surface area (Å²) in [5.41, 5.74) is 0.527.